The second-order valence-corrected chi connectivity index (χ2v) is 10.5. The number of nitriles is 1. The zero-order chi connectivity index (χ0) is 23.7. The molecule has 2 aromatic carbocycles. The van der Waals surface area contributed by atoms with Crippen molar-refractivity contribution in [3.05, 3.63) is 70.7 Å². The molecular formula is C30H41ClN2. The van der Waals surface area contributed by atoms with Crippen LogP contribution in [0.5, 0.6) is 0 Å². The lowest BCUT2D eigenvalue weighted by atomic mass is 9.63. The van der Waals surface area contributed by atoms with Gasteiger partial charge in [0.25, 0.3) is 0 Å². The predicted octanol–water partition coefficient (Wildman–Crippen LogP) is 8.19. The van der Waals surface area contributed by atoms with Crippen LogP contribution in [0.3, 0.4) is 0 Å². The van der Waals surface area contributed by atoms with Gasteiger partial charge in [0.15, 0.2) is 0 Å². The third-order valence-corrected chi connectivity index (χ3v) is 8.09. The molecule has 1 aliphatic carbocycles. The molecule has 0 spiro atoms. The van der Waals surface area contributed by atoms with Crippen LogP contribution in [0.1, 0.15) is 83.3 Å². The maximum Gasteiger partial charge on any atom is 0.0851 e. The second-order valence-electron chi connectivity index (χ2n) is 10.1. The van der Waals surface area contributed by atoms with Crippen LogP contribution in [0, 0.1) is 17.2 Å². The summed E-state index contributed by atoms with van der Waals surface area (Å²) in [6.45, 7) is 7.99. The second kappa shape index (κ2) is 12.6. The van der Waals surface area contributed by atoms with Crippen LogP contribution in [0.15, 0.2) is 54.6 Å². The Morgan fingerprint density at radius 1 is 1.03 bits per heavy atom. The summed E-state index contributed by atoms with van der Waals surface area (Å²) in [5.41, 5.74) is 2.14. The van der Waals surface area contributed by atoms with Crippen molar-refractivity contribution in [3.63, 3.8) is 0 Å². The highest BCUT2D eigenvalue weighted by atomic mass is 35.5. The summed E-state index contributed by atoms with van der Waals surface area (Å²) in [6.07, 6.45) is 10.3. The highest BCUT2D eigenvalue weighted by molar-refractivity contribution is 6.30. The highest BCUT2D eigenvalue weighted by Crippen LogP contribution is 2.45. The quantitative estimate of drug-likeness (QED) is 0.335. The lowest BCUT2D eigenvalue weighted by molar-refractivity contribution is 0.128. The van der Waals surface area contributed by atoms with Gasteiger partial charge in [-0.15, -0.1) is 0 Å². The molecule has 0 N–H and O–H groups in total. The molecule has 1 fully saturated rings. The molecule has 2 unspecified atom stereocenters. The van der Waals surface area contributed by atoms with Gasteiger partial charge in [0, 0.05) is 23.7 Å². The summed E-state index contributed by atoms with van der Waals surface area (Å²) in [7, 11) is 0. The van der Waals surface area contributed by atoms with E-state index >= 15 is 0 Å². The van der Waals surface area contributed by atoms with Crippen LogP contribution in [-0.2, 0) is 11.8 Å². The fourth-order valence-electron chi connectivity index (χ4n) is 5.90. The van der Waals surface area contributed by atoms with Gasteiger partial charge in [0.05, 0.1) is 11.5 Å². The Bertz CT molecular complexity index is 864. The first kappa shape index (κ1) is 25.8. The van der Waals surface area contributed by atoms with Gasteiger partial charge in [-0.05, 0) is 81.5 Å². The van der Waals surface area contributed by atoms with Crippen LogP contribution in [-0.4, -0.2) is 23.5 Å². The van der Waals surface area contributed by atoms with Crippen molar-refractivity contribution >= 4 is 11.6 Å². The molecule has 3 rings (SSSR count). The van der Waals surface area contributed by atoms with Crippen LogP contribution >= 0.6 is 11.6 Å². The van der Waals surface area contributed by atoms with Crippen molar-refractivity contribution in [2.75, 3.05) is 6.54 Å². The summed E-state index contributed by atoms with van der Waals surface area (Å²) in [5.74, 6) is 0.437. The lowest BCUT2D eigenvalue weighted by Gasteiger charge is -2.41. The van der Waals surface area contributed by atoms with Gasteiger partial charge in [0.2, 0.25) is 0 Å². The van der Waals surface area contributed by atoms with Gasteiger partial charge < -0.3 is 0 Å². The van der Waals surface area contributed by atoms with Gasteiger partial charge in [-0.1, -0.05) is 80.3 Å². The van der Waals surface area contributed by atoms with Gasteiger partial charge in [0.1, 0.15) is 0 Å². The monoisotopic (exact) mass is 464 g/mol. The highest BCUT2D eigenvalue weighted by Gasteiger charge is 2.41. The zero-order valence-electron chi connectivity index (χ0n) is 20.8. The molecule has 0 bridgehead atoms. The molecule has 0 radical (unpaired) electrons. The Kier molecular flexibility index (Phi) is 9.84. The number of hydrogen-bond acceptors (Lipinski definition) is 2. The van der Waals surface area contributed by atoms with E-state index in [9.17, 15) is 5.26 Å². The normalized spacial score (nSPS) is 17.6. The summed E-state index contributed by atoms with van der Waals surface area (Å²) in [5, 5.41) is 11.4. The van der Waals surface area contributed by atoms with Crippen molar-refractivity contribution in [3.8, 4) is 6.07 Å². The van der Waals surface area contributed by atoms with E-state index in [-0.39, 0.29) is 0 Å². The van der Waals surface area contributed by atoms with E-state index < -0.39 is 5.41 Å². The van der Waals surface area contributed by atoms with E-state index in [1.807, 2.05) is 12.1 Å². The fourth-order valence-corrected chi connectivity index (χ4v) is 6.03. The summed E-state index contributed by atoms with van der Waals surface area (Å²) < 4.78 is 0. The number of rotatable bonds is 11. The Morgan fingerprint density at radius 2 is 1.70 bits per heavy atom. The third-order valence-electron chi connectivity index (χ3n) is 7.84. The van der Waals surface area contributed by atoms with Crippen molar-refractivity contribution in [1.29, 1.82) is 5.26 Å². The van der Waals surface area contributed by atoms with Crippen LogP contribution in [0.4, 0.5) is 0 Å². The summed E-state index contributed by atoms with van der Waals surface area (Å²) in [6, 6.07) is 22.8. The van der Waals surface area contributed by atoms with Crippen molar-refractivity contribution in [2.45, 2.75) is 96.1 Å². The molecule has 33 heavy (non-hydrogen) atoms. The summed E-state index contributed by atoms with van der Waals surface area (Å²) >= 11 is 6.21. The molecular weight excluding hydrogens is 424 g/mol. The molecule has 2 aromatic rings. The number of halogens is 1. The smallest absolute Gasteiger partial charge is 0.0851 e. The average molecular weight is 465 g/mol. The average Bonchev–Trinajstić information content (AvgIpc) is 2.85. The van der Waals surface area contributed by atoms with Gasteiger partial charge >= 0.3 is 0 Å². The molecule has 0 amide bonds. The zero-order valence-corrected chi connectivity index (χ0v) is 21.5. The van der Waals surface area contributed by atoms with Crippen molar-refractivity contribution in [1.82, 2.24) is 4.90 Å². The molecule has 0 aromatic heterocycles. The maximum atomic E-state index is 10.6. The first-order chi connectivity index (χ1) is 16.0. The molecule has 1 aliphatic rings. The van der Waals surface area contributed by atoms with Gasteiger partial charge in [-0.2, -0.15) is 5.26 Å². The van der Waals surface area contributed by atoms with E-state index in [1.54, 1.807) is 0 Å². The Balaban J connectivity index is 1.80. The van der Waals surface area contributed by atoms with E-state index in [0.717, 1.165) is 55.7 Å². The SMILES string of the molecule is CCC(CCC(C#N)(c1ccc(Cl)cc1)C1CCCCC1)N(CCc1ccccc1)C(C)C. The minimum absolute atomic E-state index is 0.416. The topological polar surface area (TPSA) is 27.0 Å². The van der Waals surface area contributed by atoms with Crippen molar-refractivity contribution < 1.29 is 0 Å². The molecule has 1 saturated carbocycles. The molecule has 178 valence electrons. The summed E-state index contributed by atoms with van der Waals surface area (Å²) in [4.78, 5) is 2.66. The van der Waals surface area contributed by atoms with Gasteiger partial charge in [-0.25, -0.2) is 0 Å². The molecule has 2 nitrogen and oxygen atoms in total. The first-order valence-electron chi connectivity index (χ1n) is 13.0. The standard InChI is InChI=1S/C30H41ClN2/c1-4-29(33(24(2)3)22-20-25-11-7-5-8-12-25)19-21-30(23-32,26-13-9-6-10-14-26)27-15-17-28(31)18-16-27/h5,7-8,11-12,15-18,24,26,29H,4,6,9-10,13-14,19-22H2,1-3H3. The van der Waals surface area contributed by atoms with E-state index in [2.05, 4.69) is 74.2 Å². The van der Waals surface area contributed by atoms with E-state index in [1.165, 1.54) is 24.8 Å². The fraction of sp³-hybridized carbons (Fsp3) is 0.567. The van der Waals surface area contributed by atoms with Crippen LogP contribution in [0.25, 0.3) is 0 Å². The molecule has 0 saturated heterocycles. The largest absolute Gasteiger partial charge is 0.298 e. The Morgan fingerprint density at radius 3 is 2.27 bits per heavy atom. The first-order valence-corrected chi connectivity index (χ1v) is 13.3. The van der Waals surface area contributed by atoms with E-state index in [4.69, 9.17) is 11.6 Å². The van der Waals surface area contributed by atoms with Crippen LogP contribution in [0.2, 0.25) is 5.02 Å². The van der Waals surface area contributed by atoms with E-state index in [0.29, 0.717) is 18.0 Å². The molecule has 3 heteroatoms. The van der Waals surface area contributed by atoms with Gasteiger partial charge in [-0.3, -0.25) is 4.90 Å². The number of hydrogen-bond donors (Lipinski definition) is 0. The number of benzene rings is 2. The Labute approximate surface area is 207 Å². The maximum absolute atomic E-state index is 10.6. The molecule has 2 atom stereocenters. The van der Waals surface area contributed by atoms with Crippen LogP contribution < -0.4 is 0 Å². The number of nitrogens with zero attached hydrogens (tertiary/aromatic N) is 2. The minimum Gasteiger partial charge on any atom is -0.298 e. The minimum atomic E-state index is -0.416. The third kappa shape index (κ3) is 6.62. The molecule has 0 aliphatic heterocycles. The van der Waals surface area contributed by atoms with Crippen molar-refractivity contribution in [2.24, 2.45) is 5.92 Å². The Hall–Kier alpha value is -1.82. The molecule has 0 heterocycles. The lowest BCUT2D eigenvalue weighted by Crippen LogP contribution is -2.43. The predicted molar refractivity (Wildman–Crippen MR) is 141 cm³/mol.